The maximum atomic E-state index is 11.8. The van der Waals surface area contributed by atoms with E-state index in [1.807, 2.05) is 38.1 Å². The van der Waals surface area contributed by atoms with E-state index >= 15 is 0 Å². The third-order valence-electron chi connectivity index (χ3n) is 3.09. The van der Waals surface area contributed by atoms with Gasteiger partial charge in [0.25, 0.3) is 5.91 Å². The van der Waals surface area contributed by atoms with Crippen LogP contribution in [0.25, 0.3) is 0 Å². The molecule has 1 heterocycles. The molecule has 0 radical (unpaired) electrons. The molecule has 0 spiro atoms. The second kappa shape index (κ2) is 6.23. The van der Waals surface area contributed by atoms with E-state index < -0.39 is 0 Å². The van der Waals surface area contributed by atoms with Gasteiger partial charge in [0.2, 0.25) is 0 Å². The normalized spacial score (nSPS) is 10.3. The van der Waals surface area contributed by atoms with Crippen molar-refractivity contribution in [2.24, 2.45) is 0 Å². The lowest BCUT2D eigenvalue weighted by atomic mass is 10.2. The van der Waals surface area contributed by atoms with Gasteiger partial charge in [-0.25, -0.2) is 0 Å². The minimum Gasteiger partial charge on any atom is -0.484 e. The molecule has 0 aliphatic heterocycles. The summed E-state index contributed by atoms with van der Waals surface area (Å²) in [6.45, 7) is 5.78. The number of nitrogens with zero attached hydrogens (tertiary/aromatic N) is 1. The number of hydrogen-bond acceptors (Lipinski definition) is 3. The van der Waals surface area contributed by atoms with Gasteiger partial charge in [-0.2, -0.15) is 5.10 Å². The number of hydrogen-bond donors (Lipinski definition) is 2. The lowest BCUT2D eigenvalue weighted by Gasteiger charge is -2.08. The Bertz CT molecular complexity index is 568. The number of carbonyl (C=O) groups excluding carboxylic acids is 1. The molecule has 0 aliphatic carbocycles. The molecule has 0 fully saturated rings. The molecule has 1 aromatic carbocycles. The summed E-state index contributed by atoms with van der Waals surface area (Å²) >= 11 is 0. The first-order valence-corrected chi connectivity index (χ1v) is 6.63. The number of H-pyrrole nitrogens is 1. The van der Waals surface area contributed by atoms with Crippen LogP contribution >= 0.6 is 0 Å². The smallest absolute Gasteiger partial charge is 0.262 e. The number of ether oxygens (including phenoxy) is 1. The second-order valence-electron chi connectivity index (χ2n) is 4.64. The van der Waals surface area contributed by atoms with Crippen molar-refractivity contribution >= 4 is 11.6 Å². The molecule has 0 saturated heterocycles. The molecule has 0 saturated carbocycles. The summed E-state index contributed by atoms with van der Waals surface area (Å²) < 4.78 is 5.45. The summed E-state index contributed by atoms with van der Waals surface area (Å²) in [5.41, 5.74) is 3.57. The predicted octanol–water partition coefficient (Wildman–Crippen LogP) is 2.61. The van der Waals surface area contributed by atoms with E-state index in [0.717, 1.165) is 23.5 Å². The SMILES string of the molecule is CCc1ccc(OCC(=O)Nc2c(C)n[nH]c2C)cc1. The van der Waals surface area contributed by atoms with E-state index in [2.05, 4.69) is 22.4 Å². The summed E-state index contributed by atoms with van der Waals surface area (Å²) in [5.74, 6) is 0.496. The quantitative estimate of drug-likeness (QED) is 0.880. The average Bonchev–Trinajstić information content (AvgIpc) is 2.77. The Balaban J connectivity index is 1.89. The van der Waals surface area contributed by atoms with Crippen LogP contribution in [0.3, 0.4) is 0 Å². The van der Waals surface area contributed by atoms with Crippen LogP contribution in [0.1, 0.15) is 23.9 Å². The fourth-order valence-corrected chi connectivity index (χ4v) is 1.88. The van der Waals surface area contributed by atoms with Gasteiger partial charge in [0.05, 0.1) is 17.1 Å². The van der Waals surface area contributed by atoms with E-state index in [9.17, 15) is 4.79 Å². The number of aromatic nitrogens is 2. The molecule has 2 aromatic rings. The van der Waals surface area contributed by atoms with Crippen molar-refractivity contribution in [3.05, 3.63) is 41.2 Å². The van der Waals surface area contributed by atoms with Crippen LogP contribution in [-0.2, 0) is 11.2 Å². The van der Waals surface area contributed by atoms with Gasteiger partial charge in [-0.3, -0.25) is 9.89 Å². The van der Waals surface area contributed by atoms with Crippen LogP contribution in [0, 0.1) is 13.8 Å². The monoisotopic (exact) mass is 273 g/mol. The van der Waals surface area contributed by atoms with E-state index in [4.69, 9.17) is 4.74 Å². The maximum absolute atomic E-state index is 11.8. The highest BCUT2D eigenvalue weighted by Gasteiger charge is 2.10. The second-order valence-corrected chi connectivity index (χ2v) is 4.64. The average molecular weight is 273 g/mol. The molecule has 0 atom stereocenters. The van der Waals surface area contributed by atoms with Crippen LogP contribution in [0.15, 0.2) is 24.3 Å². The molecule has 1 aromatic heterocycles. The summed E-state index contributed by atoms with van der Waals surface area (Å²) in [6, 6.07) is 7.75. The van der Waals surface area contributed by atoms with Crippen LogP contribution in [-0.4, -0.2) is 22.7 Å². The van der Waals surface area contributed by atoms with Gasteiger partial charge in [-0.1, -0.05) is 19.1 Å². The Morgan fingerprint density at radius 1 is 1.30 bits per heavy atom. The third kappa shape index (κ3) is 3.38. The number of anilines is 1. The highest BCUT2D eigenvalue weighted by Crippen LogP contribution is 2.16. The number of aryl methyl sites for hydroxylation is 3. The molecule has 0 bridgehead atoms. The van der Waals surface area contributed by atoms with Gasteiger partial charge in [-0.15, -0.1) is 0 Å². The zero-order valence-electron chi connectivity index (χ0n) is 12.0. The number of nitrogens with one attached hydrogen (secondary N) is 2. The Hall–Kier alpha value is -2.30. The van der Waals surface area contributed by atoms with E-state index in [0.29, 0.717) is 5.75 Å². The van der Waals surface area contributed by atoms with Crippen molar-refractivity contribution < 1.29 is 9.53 Å². The minimum absolute atomic E-state index is 0.0183. The van der Waals surface area contributed by atoms with Gasteiger partial charge < -0.3 is 10.1 Å². The number of amides is 1. The predicted molar refractivity (Wildman–Crippen MR) is 78.0 cm³/mol. The van der Waals surface area contributed by atoms with Crippen molar-refractivity contribution in [2.75, 3.05) is 11.9 Å². The van der Waals surface area contributed by atoms with Gasteiger partial charge in [0.15, 0.2) is 6.61 Å². The zero-order valence-corrected chi connectivity index (χ0v) is 12.0. The molecule has 1 amide bonds. The van der Waals surface area contributed by atoms with Gasteiger partial charge in [-0.05, 0) is 38.0 Å². The number of carbonyl (C=O) groups is 1. The molecule has 106 valence electrons. The molecule has 5 heteroatoms. The highest BCUT2D eigenvalue weighted by atomic mass is 16.5. The van der Waals surface area contributed by atoms with Gasteiger partial charge in [0.1, 0.15) is 5.75 Å². The van der Waals surface area contributed by atoms with Crippen molar-refractivity contribution in [3.63, 3.8) is 0 Å². The number of benzene rings is 1. The van der Waals surface area contributed by atoms with Crippen LogP contribution < -0.4 is 10.1 Å². The summed E-state index contributed by atoms with van der Waals surface area (Å²) in [5, 5.41) is 9.64. The first-order valence-electron chi connectivity index (χ1n) is 6.63. The first-order chi connectivity index (χ1) is 9.60. The summed E-state index contributed by atoms with van der Waals surface area (Å²) in [4.78, 5) is 11.8. The number of aromatic amines is 1. The van der Waals surface area contributed by atoms with E-state index in [1.165, 1.54) is 5.56 Å². The lowest BCUT2D eigenvalue weighted by Crippen LogP contribution is -2.20. The van der Waals surface area contributed by atoms with E-state index in [1.54, 1.807) is 0 Å². The zero-order chi connectivity index (χ0) is 14.5. The van der Waals surface area contributed by atoms with Crippen LogP contribution in [0.4, 0.5) is 5.69 Å². The van der Waals surface area contributed by atoms with E-state index in [-0.39, 0.29) is 12.5 Å². The Labute approximate surface area is 118 Å². The minimum atomic E-state index is -0.197. The Morgan fingerprint density at radius 3 is 2.55 bits per heavy atom. The first kappa shape index (κ1) is 14.1. The Morgan fingerprint density at radius 2 is 2.00 bits per heavy atom. The fourth-order valence-electron chi connectivity index (χ4n) is 1.88. The molecule has 0 unspecified atom stereocenters. The topological polar surface area (TPSA) is 67.0 Å². The highest BCUT2D eigenvalue weighted by molar-refractivity contribution is 5.92. The molecule has 2 N–H and O–H groups in total. The molecular weight excluding hydrogens is 254 g/mol. The largest absolute Gasteiger partial charge is 0.484 e. The molecule has 2 rings (SSSR count). The van der Waals surface area contributed by atoms with Crippen molar-refractivity contribution in [1.29, 1.82) is 0 Å². The summed E-state index contributed by atoms with van der Waals surface area (Å²) in [7, 11) is 0. The van der Waals surface area contributed by atoms with Gasteiger partial charge in [0, 0.05) is 0 Å². The van der Waals surface area contributed by atoms with Crippen molar-refractivity contribution in [2.45, 2.75) is 27.2 Å². The van der Waals surface area contributed by atoms with Crippen molar-refractivity contribution in [3.8, 4) is 5.75 Å². The molecule has 5 nitrogen and oxygen atoms in total. The molecule has 0 aliphatic rings. The Kier molecular flexibility index (Phi) is 4.40. The van der Waals surface area contributed by atoms with Gasteiger partial charge >= 0.3 is 0 Å². The standard InChI is InChI=1S/C15H19N3O2/c1-4-12-5-7-13(8-6-12)20-9-14(19)16-15-10(2)17-18-11(15)3/h5-8H,4,9H2,1-3H3,(H,16,19)(H,17,18). The number of rotatable bonds is 5. The third-order valence-corrected chi connectivity index (χ3v) is 3.09. The van der Waals surface area contributed by atoms with Crippen LogP contribution in [0.2, 0.25) is 0 Å². The lowest BCUT2D eigenvalue weighted by molar-refractivity contribution is -0.118. The van der Waals surface area contributed by atoms with Crippen LogP contribution in [0.5, 0.6) is 5.75 Å². The fraction of sp³-hybridized carbons (Fsp3) is 0.333. The molecule has 20 heavy (non-hydrogen) atoms. The summed E-state index contributed by atoms with van der Waals surface area (Å²) in [6.07, 6.45) is 0.986. The van der Waals surface area contributed by atoms with Crippen molar-refractivity contribution in [1.82, 2.24) is 10.2 Å². The molecular formula is C15H19N3O2. The maximum Gasteiger partial charge on any atom is 0.262 e.